The molecular weight excluding hydrogens is 302 g/mol. The van der Waals surface area contributed by atoms with E-state index in [9.17, 15) is 15.2 Å². The molecule has 1 aliphatic heterocycles. The Bertz CT molecular complexity index is 629. The summed E-state index contributed by atoms with van der Waals surface area (Å²) >= 11 is 5.85. The van der Waals surface area contributed by atoms with Crippen LogP contribution in [0.3, 0.4) is 0 Å². The minimum Gasteiger partial charge on any atom is -0.506 e. The van der Waals surface area contributed by atoms with Crippen molar-refractivity contribution in [1.82, 2.24) is 4.90 Å². The number of amides is 1. The van der Waals surface area contributed by atoms with Crippen LogP contribution < -0.4 is 5.32 Å². The van der Waals surface area contributed by atoms with Crippen LogP contribution in [0.15, 0.2) is 30.0 Å². The Hall–Kier alpha value is -2.19. The Kier molecular flexibility index (Phi) is 5.29. The van der Waals surface area contributed by atoms with E-state index in [1.165, 1.54) is 18.3 Å². The lowest BCUT2D eigenvalue weighted by atomic mass is 9.99. The molecule has 1 saturated heterocycles. The van der Waals surface area contributed by atoms with Gasteiger partial charge in [-0.05, 0) is 37.0 Å². The number of halogens is 1. The molecular formula is C16H18ClN3O2. The van der Waals surface area contributed by atoms with Crippen LogP contribution in [0.2, 0.25) is 5.02 Å². The Balaban J connectivity index is 2.09. The van der Waals surface area contributed by atoms with E-state index in [1.54, 1.807) is 11.0 Å². The molecule has 0 atom stereocenters. The van der Waals surface area contributed by atoms with Crippen molar-refractivity contribution in [2.24, 2.45) is 5.92 Å². The second kappa shape index (κ2) is 7.19. The van der Waals surface area contributed by atoms with Crippen molar-refractivity contribution < 1.29 is 9.90 Å². The fraction of sp³-hybridized carbons (Fsp3) is 0.375. The summed E-state index contributed by atoms with van der Waals surface area (Å²) in [7, 11) is 0. The second-order valence-corrected chi connectivity index (χ2v) is 5.89. The van der Waals surface area contributed by atoms with Crippen LogP contribution in [0, 0.1) is 17.2 Å². The maximum atomic E-state index is 12.3. The Morgan fingerprint density at radius 2 is 2.18 bits per heavy atom. The number of nitrogens with one attached hydrogen (secondary N) is 1. The van der Waals surface area contributed by atoms with Gasteiger partial charge in [-0.15, -0.1) is 0 Å². The Labute approximate surface area is 134 Å². The number of nitriles is 1. The van der Waals surface area contributed by atoms with E-state index in [0.717, 1.165) is 12.8 Å². The molecule has 1 heterocycles. The molecule has 2 N–H and O–H groups in total. The van der Waals surface area contributed by atoms with Gasteiger partial charge in [-0.1, -0.05) is 18.5 Å². The first-order valence-electron chi connectivity index (χ1n) is 7.16. The quantitative estimate of drug-likeness (QED) is 0.510. The molecule has 0 bridgehead atoms. The van der Waals surface area contributed by atoms with Gasteiger partial charge in [-0.3, -0.25) is 4.79 Å². The largest absolute Gasteiger partial charge is 0.506 e. The molecule has 0 aliphatic carbocycles. The minimum atomic E-state index is -0.289. The van der Waals surface area contributed by atoms with Crippen molar-refractivity contribution in [1.29, 1.82) is 5.26 Å². The van der Waals surface area contributed by atoms with Crippen molar-refractivity contribution in [2.75, 3.05) is 18.4 Å². The molecule has 22 heavy (non-hydrogen) atoms. The summed E-state index contributed by atoms with van der Waals surface area (Å²) in [4.78, 5) is 14.0. The zero-order valence-corrected chi connectivity index (χ0v) is 13.1. The van der Waals surface area contributed by atoms with Gasteiger partial charge in [0.25, 0.3) is 5.91 Å². The first kappa shape index (κ1) is 16.2. The summed E-state index contributed by atoms with van der Waals surface area (Å²) in [5.74, 6) is 0.320. The topological polar surface area (TPSA) is 76.4 Å². The number of benzene rings is 1. The first-order valence-corrected chi connectivity index (χ1v) is 7.53. The van der Waals surface area contributed by atoms with E-state index in [1.807, 2.05) is 6.07 Å². The highest BCUT2D eigenvalue weighted by molar-refractivity contribution is 6.30. The van der Waals surface area contributed by atoms with Crippen LogP contribution in [0.5, 0.6) is 5.75 Å². The van der Waals surface area contributed by atoms with Crippen molar-refractivity contribution in [3.63, 3.8) is 0 Å². The van der Waals surface area contributed by atoms with Crippen LogP contribution in [-0.2, 0) is 4.79 Å². The van der Waals surface area contributed by atoms with Crippen LogP contribution in [0.4, 0.5) is 5.69 Å². The van der Waals surface area contributed by atoms with Gasteiger partial charge in [0.2, 0.25) is 0 Å². The average Bonchev–Trinajstić information content (AvgIpc) is 2.51. The third-order valence-corrected chi connectivity index (χ3v) is 3.99. The van der Waals surface area contributed by atoms with Gasteiger partial charge in [-0.2, -0.15) is 5.26 Å². The Morgan fingerprint density at radius 3 is 2.82 bits per heavy atom. The standard InChI is InChI=1S/C16H18ClN3O2/c1-11-4-6-20(7-5-11)16(22)12(9-18)10-19-14-8-13(17)2-3-15(14)21/h2-3,8,10-11,19,21H,4-7H2,1H3/b12-10-. The SMILES string of the molecule is CC1CCN(C(=O)/C(C#N)=C\Nc2cc(Cl)ccc2O)CC1. The van der Waals surface area contributed by atoms with Gasteiger partial charge < -0.3 is 15.3 Å². The maximum absolute atomic E-state index is 12.3. The number of hydrogen-bond donors (Lipinski definition) is 2. The van der Waals surface area contributed by atoms with Gasteiger partial charge in [0, 0.05) is 24.3 Å². The molecule has 1 amide bonds. The number of likely N-dealkylation sites (tertiary alicyclic amines) is 1. The molecule has 1 aromatic carbocycles. The molecule has 6 heteroatoms. The van der Waals surface area contributed by atoms with Crippen LogP contribution in [-0.4, -0.2) is 29.0 Å². The van der Waals surface area contributed by atoms with Crippen molar-refractivity contribution in [2.45, 2.75) is 19.8 Å². The number of phenolic OH excluding ortho intramolecular Hbond substituents is 1. The van der Waals surface area contributed by atoms with Gasteiger partial charge in [0.05, 0.1) is 5.69 Å². The number of phenols is 1. The second-order valence-electron chi connectivity index (χ2n) is 5.45. The summed E-state index contributed by atoms with van der Waals surface area (Å²) in [5, 5.41) is 22.1. The molecule has 0 radical (unpaired) electrons. The van der Waals surface area contributed by atoms with E-state index in [0.29, 0.717) is 29.7 Å². The molecule has 0 aromatic heterocycles. The number of hydrogen-bond acceptors (Lipinski definition) is 4. The maximum Gasteiger partial charge on any atom is 0.266 e. The highest BCUT2D eigenvalue weighted by Crippen LogP contribution is 2.26. The smallest absolute Gasteiger partial charge is 0.266 e. The number of carbonyl (C=O) groups excluding carboxylic acids is 1. The number of aromatic hydroxyl groups is 1. The van der Waals surface area contributed by atoms with E-state index in [4.69, 9.17) is 11.6 Å². The van der Waals surface area contributed by atoms with Gasteiger partial charge in [0.1, 0.15) is 17.4 Å². The summed E-state index contributed by atoms with van der Waals surface area (Å²) in [6.07, 6.45) is 3.21. The lowest BCUT2D eigenvalue weighted by molar-refractivity contribution is -0.128. The zero-order valence-electron chi connectivity index (χ0n) is 12.3. The minimum absolute atomic E-state index is 0.00261. The molecule has 1 aromatic rings. The van der Waals surface area contributed by atoms with Gasteiger partial charge in [0.15, 0.2) is 0 Å². The zero-order chi connectivity index (χ0) is 16.1. The fourth-order valence-electron chi connectivity index (χ4n) is 2.30. The predicted octanol–water partition coefficient (Wildman–Crippen LogP) is 3.12. The number of anilines is 1. The summed E-state index contributed by atoms with van der Waals surface area (Å²) in [6, 6.07) is 6.43. The normalized spacial score (nSPS) is 16.2. The predicted molar refractivity (Wildman–Crippen MR) is 85.4 cm³/mol. The van der Waals surface area contributed by atoms with Crippen LogP contribution in [0.1, 0.15) is 19.8 Å². The molecule has 0 spiro atoms. The lowest BCUT2D eigenvalue weighted by Gasteiger charge is -2.30. The van der Waals surface area contributed by atoms with E-state index in [2.05, 4.69) is 12.2 Å². The van der Waals surface area contributed by atoms with Crippen LogP contribution >= 0.6 is 11.6 Å². The van der Waals surface area contributed by atoms with Gasteiger partial charge >= 0.3 is 0 Å². The molecule has 1 fully saturated rings. The highest BCUT2D eigenvalue weighted by atomic mass is 35.5. The summed E-state index contributed by atoms with van der Waals surface area (Å²) < 4.78 is 0. The molecule has 1 aliphatic rings. The highest BCUT2D eigenvalue weighted by Gasteiger charge is 2.23. The van der Waals surface area contributed by atoms with Crippen molar-refractivity contribution >= 4 is 23.2 Å². The fourth-order valence-corrected chi connectivity index (χ4v) is 2.47. The van der Waals surface area contributed by atoms with Crippen molar-refractivity contribution in [3.8, 4) is 11.8 Å². The summed E-state index contributed by atoms with van der Waals surface area (Å²) in [6.45, 7) is 3.50. The number of nitrogens with zero attached hydrogens (tertiary/aromatic N) is 2. The number of carbonyl (C=O) groups is 1. The van der Waals surface area contributed by atoms with E-state index < -0.39 is 0 Å². The Morgan fingerprint density at radius 1 is 1.50 bits per heavy atom. The number of rotatable bonds is 3. The number of piperidine rings is 1. The molecule has 0 saturated carbocycles. The van der Waals surface area contributed by atoms with Crippen LogP contribution in [0.25, 0.3) is 0 Å². The van der Waals surface area contributed by atoms with E-state index in [-0.39, 0.29) is 17.2 Å². The molecule has 0 unspecified atom stereocenters. The summed E-state index contributed by atoms with van der Waals surface area (Å²) in [5.41, 5.74) is 0.356. The lowest BCUT2D eigenvalue weighted by Crippen LogP contribution is -2.38. The molecule has 5 nitrogen and oxygen atoms in total. The third-order valence-electron chi connectivity index (χ3n) is 3.75. The third kappa shape index (κ3) is 3.92. The average molecular weight is 320 g/mol. The van der Waals surface area contributed by atoms with Gasteiger partial charge in [-0.25, -0.2) is 0 Å². The molecule has 2 rings (SSSR count). The molecule has 116 valence electrons. The first-order chi connectivity index (χ1) is 10.5. The van der Waals surface area contributed by atoms with Crippen molar-refractivity contribution in [3.05, 3.63) is 35.0 Å². The monoisotopic (exact) mass is 319 g/mol. The van der Waals surface area contributed by atoms with E-state index >= 15 is 0 Å².